The third-order valence-corrected chi connectivity index (χ3v) is 5.22. The number of anilines is 1. The fourth-order valence-corrected chi connectivity index (χ4v) is 3.99. The van der Waals surface area contributed by atoms with E-state index in [0.717, 1.165) is 37.2 Å². The highest BCUT2D eigenvalue weighted by Gasteiger charge is 2.40. The number of benzene rings is 1. The molecule has 3 saturated heterocycles. The van der Waals surface area contributed by atoms with Gasteiger partial charge in [0.05, 0.1) is 0 Å². The van der Waals surface area contributed by atoms with Crippen molar-refractivity contribution in [2.45, 2.75) is 31.8 Å². The average molecular weight is 314 g/mol. The van der Waals surface area contributed by atoms with Gasteiger partial charge >= 0.3 is 6.03 Å². The molecule has 0 radical (unpaired) electrons. The van der Waals surface area contributed by atoms with Crippen LogP contribution in [0.15, 0.2) is 18.2 Å². The van der Waals surface area contributed by atoms with Crippen LogP contribution in [0.3, 0.4) is 0 Å². The lowest BCUT2D eigenvalue weighted by Gasteiger charge is -2.35. The highest BCUT2D eigenvalue weighted by molar-refractivity contribution is 5.99. The summed E-state index contributed by atoms with van der Waals surface area (Å²) >= 11 is 0. The van der Waals surface area contributed by atoms with Crippen LogP contribution in [0.2, 0.25) is 0 Å². The molecule has 4 rings (SSSR count). The minimum Gasteiger partial charge on any atom is -0.336 e. The second-order valence-corrected chi connectivity index (χ2v) is 6.64. The van der Waals surface area contributed by atoms with Gasteiger partial charge in [0, 0.05) is 49.5 Å². The molecule has 3 amide bonds. The Morgan fingerprint density at radius 2 is 1.96 bits per heavy atom. The number of carbonyl (C=O) groups is 2. The summed E-state index contributed by atoms with van der Waals surface area (Å²) in [5.74, 6) is 0.0971. The molecule has 2 bridgehead atoms. The van der Waals surface area contributed by atoms with E-state index in [9.17, 15) is 9.59 Å². The summed E-state index contributed by atoms with van der Waals surface area (Å²) in [5, 5.41) is 6.21. The molecule has 0 saturated carbocycles. The minimum absolute atomic E-state index is 0.0834. The maximum absolute atomic E-state index is 13.0. The van der Waals surface area contributed by atoms with Crippen LogP contribution >= 0.6 is 0 Å². The van der Waals surface area contributed by atoms with Crippen LogP contribution in [-0.4, -0.2) is 55.1 Å². The van der Waals surface area contributed by atoms with E-state index < -0.39 is 0 Å². The van der Waals surface area contributed by atoms with Crippen molar-refractivity contribution in [3.8, 4) is 0 Å². The van der Waals surface area contributed by atoms with Gasteiger partial charge in [-0.05, 0) is 37.5 Å². The molecular weight excluding hydrogens is 292 g/mol. The maximum Gasteiger partial charge on any atom is 0.322 e. The fraction of sp³-hybridized carbons (Fsp3) is 0.529. The first-order valence-electron chi connectivity index (χ1n) is 8.34. The van der Waals surface area contributed by atoms with Gasteiger partial charge in [-0.3, -0.25) is 9.69 Å². The second-order valence-electron chi connectivity index (χ2n) is 6.64. The molecule has 2 atom stereocenters. The summed E-state index contributed by atoms with van der Waals surface area (Å²) in [5.41, 5.74) is 2.54. The molecule has 0 aliphatic carbocycles. The Morgan fingerprint density at radius 1 is 1.22 bits per heavy atom. The third kappa shape index (κ3) is 2.37. The normalized spacial score (nSPS) is 26.6. The number of nitrogens with one attached hydrogen (secondary N) is 2. The summed E-state index contributed by atoms with van der Waals surface area (Å²) in [6.45, 7) is 5.04. The molecule has 3 aliphatic heterocycles. The van der Waals surface area contributed by atoms with E-state index in [4.69, 9.17) is 0 Å². The smallest absolute Gasteiger partial charge is 0.322 e. The fourth-order valence-electron chi connectivity index (χ4n) is 3.99. The molecule has 3 aliphatic rings. The molecule has 3 fully saturated rings. The van der Waals surface area contributed by atoms with Gasteiger partial charge < -0.3 is 15.5 Å². The number of hydrogen-bond acceptors (Lipinski definition) is 3. The van der Waals surface area contributed by atoms with E-state index in [2.05, 4.69) is 15.5 Å². The van der Waals surface area contributed by atoms with Gasteiger partial charge in [0.15, 0.2) is 0 Å². The van der Waals surface area contributed by atoms with Gasteiger partial charge in [-0.15, -0.1) is 0 Å². The number of hydrogen-bond donors (Lipinski definition) is 2. The van der Waals surface area contributed by atoms with Crippen molar-refractivity contribution in [2.75, 3.05) is 31.1 Å². The van der Waals surface area contributed by atoms with E-state index in [1.165, 1.54) is 0 Å². The summed E-state index contributed by atoms with van der Waals surface area (Å²) in [7, 11) is 0. The molecule has 122 valence electrons. The van der Waals surface area contributed by atoms with Gasteiger partial charge in [0.25, 0.3) is 5.91 Å². The number of rotatable bonds is 2. The van der Waals surface area contributed by atoms with Crippen molar-refractivity contribution in [2.24, 2.45) is 0 Å². The molecule has 23 heavy (non-hydrogen) atoms. The molecule has 1 aromatic carbocycles. The first-order chi connectivity index (χ1) is 11.1. The molecule has 6 heteroatoms. The quantitative estimate of drug-likeness (QED) is 0.859. The van der Waals surface area contributed by atoms with Crippen LogP contribution in [0.1, 0.15) is 28.8 Å². The van der Waals surface area contributed by atoms with Crippen LogP contribution in [0.25, 0.3) is 0 Å². The predicted molar refractivity (Wildman–Crippen MR) is 87.8 cm³/mol. The van der Waals surface area contributed by atoms with Crippen LogP contribution in [0.5, 0.6) is 0 Å². The summed E-state index contributed by atoms with van der Waals surface area (Å²) < 4.78 is 0. The zero-order valence-corrected chi connectivity index (χ0v) is 13.3. The molecule has 0 spiro atoms. The van der Waals surface area contributed by atoms with E-state index in [1.54, 1.807) is 4.90 Å². The Labute approximate surface area is 135 Å². The Hall–Kier alpha value is -2.08. The number of urea groups is 1. The standard InChI is InChI=1S/C17H22N4O2/c1-11-2-3-12(8-15(11)20-7-6-19-17(20)23)16(22)21-13-4-5-14(21)10-18-9-13/h2-3,8,13-14,18H,4-7,9-10H2,1H3,(H,19,23). The Kier molecular flexibility index (Phi) is 3.49. The summed E-state index contributed by atoms with van der Waals surface area (Å²) in [4.78, 5) is 28.7. The molecular formula is C17H22N4O2. The number of fused-ring (bicyclic) bond motifs is 2. The lowest BCUT2D eigenvalue weighted by atomic mass is 10.1. The van der Waals surface area contributed by atoms with E-state index >= 15 is 0 Å². The number of aryl methyl sites for hydroxylation is 1. The first-order valence-corrected chi connectivity index (χ1v) is 8.34. The molecule has 1 aromatic rings. The molecule has 6 nitrogen and oxygen atoms in total. The van der Waals surface area contributed by atoms with Gasteiger partial charge in [-0.2, -0.15) is 0 Å². The Morgan fingerprint density at radius 3 is 2.61 bits per heavy atom. The van der Waals surface area contributed by atoms with Crippen molar-refractivity contribution in [1.82, 2.24) is 15.5 Å². The second kappa shape index (κ2) is 5.53. The van der Waals surface area contributed by atoms with E-state index in [-0.39, 0.29) is 11.9 Å². The average Bonchev–Trinajstić information content (AvgIpc) is 3.08. The number of amides is 3. The topological polar surface area (TPSA) is 64.7 Å². The van der Waals surface area contributed by atoms with Crippen molar-refractivity contribution >= 4 is 17.6 Å². The number of piperazine rings is 1. The minimum atomic E-state index is -0.0834. The number of carbonyl (C=O) groups excluding carboxylic acids is 2. The van der Waals surface area contributed by atoms with Gasteiger partial charge in [-0.1, -0.05) is 6.07 Å². The largest absolute Gasteiger partial charge is 0.336 e. The van der Waals surface area contributed by atoms with Crippen molar-refractivity contribution in [3.05, 3.63) is 29.3 Å². The van der Waals surface area contributed by atoms with E-state index in [1.807, 2.05) is 25.1 Å². The lowest BCUT2D eigenvalue weighted by Crippen LogP contribution is -2.54. The molecule has 3 heterocycles. The summed E-state index contributed by atoms with van der Waals surface area (Å²) in [6, 6.07) is 6.24. The zero-order valence-electron chi connectivity index (χ0n) is 13.3. The molecule has 2 N–H and O–H groups in total. The molecule has 0 aromatic heterocycles. The zero-order chi connectivity index (χ0) is 16.0. The van der Waals surface area contributed by atoms with Crippen LogP contribution in [0.4, 0.5) is 10.5 Å². The van der Waals surface area contributed by atoms with Crippen molar-refractivity contribution in [1.29, 1.82) is 0 Å². The van der Waals surface area contributed by atoms with Gasteiger partial charge in [-0.25, -0.2) is 4.79 Å². The van der Waals surface area contributed by atoms with Crippen LogP contribution in [-0.2, 0) is 0 Å². The SMILES string of the molecule is Cc1ccc(C(=O)N2C3CCC2CNC3)cc1N1CCNC1=O. The highest BCUT2D eigenvalue weighted by Crippen LogP contribution is 2.30. The monoisotopic (exact) mass is 314 g/mol. The molecule has 2 unspecified atom stereocenters. The van der Waals surface area contributed by atoms with Crippen LogP contribution in [0, 0.1) is 6.92 Å². The van der Waals surface area contributed by atoms with Gasteiger partial charge in [0.2, 0.25) is 0 Å². The first kappa shape index (κ1) is 14.5. The van der Waals surface area contributed by atoms with Crippen molar-refractivity contribution < 1.29 is 9.59 Å². The Bertz CT molecular complexity index is 644. The van der Waals surface area contributed by atoms with E-state index in [0.29, 0.717) is 30.7 Å². The predicted octanol–water partition coefficient (Wildman–Crippen LogP) is 1.10. The Balaban J connectivity index is 1.64. The van der Waals surface area contributed by atoms with Crippen molar-refractivity contribution in [3.63, 3.8) is 0 Å². The lowest BCUT2D eigenvalue weighted by molar-refractivity contribution is 0.0619. The van der Waals surface area contributed by atoms with Crippen LogP contribution < -0.4 is 15.5 Å². The third-order valence-electron chi connectivity index (χ3n) is 5.22. The maximum atomic E-state index is 13.0. The van der Waals surface area contributed by atoms with Gasteiger partial charge in [0.1, 0.15) is 0 Å². The number of nitrogens with zero attached hydrogens (tertiary/aromatic N) is 2. The highest BCUT2D eigenvalue weighted by atomic mass is 16.2. The summed E-state index contributed by atoms with van der Waals surface area (Å²) in [6.07, 6.45) is 2.16.